The molecule has 30 heavy (non-hydrogen) atoms. The Balaban J connectivity index is 1.76. The largest absolute Gasteiger partial charge is 0.457 e. The Morgan fingerprint density at radius 1 is 1.23 bits per heavy atom. The minimum Gasteiger partial charge on any atom is -0.457 e. The average molecular weight is 442 g/mol. The summed E-state index contributed by atoms with van der Waals surface area (Å²) in [4.78, 5) is 16.2. The lowest BCUT2D eigenvalue weighted by Crippen LogP contribution is -2.38. The molecule has 0 radical (unpaired) electrons. The van der Waals surface area contributed by atoms with Crippen LogP contribution in [0.15, 0.2) is 12.3 Å². The molecule has 0 unspecified atom stereocenters. The van der Waals surface area contributed by atoms with Crippen molar-refractivity contribution in [1.29, 1.82) is 0 Å². The summed E-state index contributed by atoms with van der Waals surface area (Å²) in [5, 5.41) is 20.2. The Kier molecular flexibility index (Phi) is 10.7. The standard InChI is InChI=1S/C21H35N3O5S/c1-2-3-4-5-6-7-8-9-10-11-17(26)29-19-15(14-25)28-20(18(19)27)24-13-12-16(22)23-21(24)30/h12-13,15,18-20,25,27H,2-11,14H2,1H3,(H2,22,23,30)/t15-,18+,19-,20-/m1/s1. The molecule has 1 aliphatic heterocycles. The second-order valence-corrected chi connectivity index (χ2v) is 8.18. The molecule has 1 aromatic heterocycles. The van der Waals surface area contributed by atoms with E-state index in [9.17, 15) is 15.0 Å². The molecular weight excluding hydrogens is 406 g/mol. The molecule has 1 saturated heterocycles. The van der Waals surface area contributed by atoms with Gasteiger partial charge in [-0.15, -0.1) is 0 Å². The Morgan fingerprint density at radius 3 is 2.47 bits per heavy atom. The van der Waals surface area contributed by atoms with Crippen molar-refractivity contribution in [2.45, 2.75) is 95.7 Å². The predicted molar refractivity (Wildman–Crippen MR) is 116 cm³/mol. The van der Waals surface area contributed by atoms with Crippen LogP contribution < -0.4 is 5.73 Å². The monoisotopic (exact) mass is 441 g/mol. The Bertz CT molecular complexity index is 714. The average Bonchev–Trinajstić information content (AvgIpc) is 3.02. The minimum absolute atomic E-state index is 0.136. The topological polar surface area (TPSA) is 120 Å². The number of unbranched alkanes of at least 4 members (excludes halogenated alkanes) is 8. The van der Waals surface area contributed by atoms with Crippen LogP contribution in [0.5, 0.6) is 0 Å². The van der Waals surface area contributed by atoms with Crippen LogP contribution in [-0.2, 0) is 14.3 Å². The zero-order valence-electron chi connectivity index (χ0n) is 17.7. The molecule has 8 nitrogen and oxygen atoms in total. The summed E-state index contributed by atoms with van der Waals surface area (Å²) in [5.74, 6) is -0.143. The molecule has 0 saturated carbocycles. The van der Waals surface area contributed by atoms with Gasteiger partial charge in [0.25, 0.3) is 0 Å². The van der Waals surface area contributed by atoms with Gasteiger partial charge >= 0.3 is 5.97 Å². The van der Waals surface area contributed by atoms with Crippen LogP contribution in [0.3, 0.4) is 0 Å². The van der Waals surface area contributed by atoms with Gasteiger partial charge in [0.05, 0.1) is 6.61 Å². The summed E-state index contributed by atoms with van der Waals surface area (Å²) in [6.45, 7) is 1.82. The van der Waals surface area contributed by atoms with E-state index in [2.05, 4.69) is 11.9 Å². The summed E-state index contributed by atoms with van der Waals surface area (Å²) in [5.41, 5.74) is 5.61. The van der Waals surface area contributed by atoms with Crippen molar-refractivity contribution in [2.75, 3.05) is 12.3 Å². The summed E-state index contributed by atoms with van der Waals surface area (Å²) < 4.78 is 12.7. The van der Waals surface area contributed by atoms with Crippen molar-refractivity contribution in [1.82, 2.24) is 9.55 Å². The number of aromatic nitrogens is 2. The molecule has 1 aromatic rings. The first-order valence-corrected chi connectivity index (χ1v) is 11.4. The van der Waals surface area contributed by atoms with E-state index in [0.29, 0.717) is 0 Å². The summed E-state index contributed by atoms with van der Waals surface area (Å²) >= 11 is 5.16. The number of aliphatic hydroxyl groups is 2. The quantitative estimate of drug-likeness (QED) is 0.242. The maximum Gasteiger partial charge on any atom is 0.306 e. The van der Waals surface area contributed by atoms with Crippen LogP contribution in [0.2, 0.25) is 0 Å². The highest BCUT2D eigenvalue weighted by molar-refractivity contribution is 7.71. The second-order valence-electron chi connectivity index (χ2n) is 7.81. The van der Waals surface area contributed by atoms with E-state index in [0.717, 1.165) is 19.3 Å². The highest BCUT2D eigenvalue weighted by Crippen LogP contribution is 2.32. The zero-order valence-corrected chi connectivity index (χ0v) is 18.6. The van der Waals surface area contributed by atoms with Crippen molar-refractivity contribution in [3.05, 3.63) is 17.0 Å². The summed E-state index contributed by atoms with van der Waals surface area (Å²) in [7, 11) is 0. The Morgan fingerprint density at radius 2 is 1.87 bits per heavy atom. The molecule has 2 rings (SSSR count). The SMILES string of the molecule is CCCCCCCCCCCC(=O)O[C@H]1[C@H](O)[C@H](n2ccc(N)nc2=S)O[C@@H]1CO. The number of anilines is 1. The number of carbonyl (C=O) groups is 1. The van der Waals surface area contributed by atoms with Gasteiger partial charge in [-0.25, -0.2) is 4.98 Å². The van der Waals surface area contributed by atoms with Crippen molar-refractivity contribution in [2.24, 2.45) is 0 Å². The molecular formula is C21H35N3O5S. The van der Waals surface area contributed by atoms with Gasteiger partial charge in [0.1, 0.15) is 18.0 Å². The molecule has 9 heteroatoms. The highest BCUT2D eigenvalue weighted by atomic mass is 32.1. The number of hydrogen-bond acceptors (Lipinski definition) is 8. The van der Waals surface area contributed by atoms with E-state index >= 15 is 0 Å². The molecule has 0 aromatic carbocycles. The van der Waals surface area contributed by atoms with Crippen LogP contribution in [0.4, 0.5) is 5.82 Å². The van der Waals surface area contributed by atoms with Gasteiger partial charge in [-0.05, 0) is 24.7 Å². The van der Waals surface area contributed by atoms with Gasteiger partial charge in [-0.3, -0.25) is 9.36 Å². The molecule has 4 atom stereocenters. The van der Waals surface area contributed by atoms with Gasteiger partial charge in [0, 0.05) is 12.6 Å². The van der Waals surface area contributed by atoms with Crippen LogP contribution in [0.25, 0.3) is 0 Å². The molecule has 2 heterocycles. The fourth-order valence-corrected chi connectivity index (χ4v) is 3.92. The normalized spacial score (nSPS) is 23.6. The fourth-order valence-electron chi connectivity index (χ4n) is 3.65. The van der Waals surface area contributed by atoms with E-state index in [1.807, 2.05) is 0 Å². The first kappa shape index (κ1) is 24.7. The first-order chi connectivity index (χ1) is 14.5. The van der Waals surface area contributed by atoms with Gasteiger partial charge in [0.2, 0.25) is 4.77 Å². The number of rotatable bonds is 13. The Labute approximate surface area is 183 Å². The first-order valence-electron chi connectivity index (χ1n) is 11.0. The summed E-state index contributed by atoms with van der Waals surface area (Å²) in [6, 6.07) is 1.53. The van der Waals surface area contributed by atoms with Gasteiger partial charge in [-0.1, -0.05) is 58.3 Å². The Hall–Kier alpha value is -1.55. The molecule has 4 N–H and O–H groups in total. The third-order valence-electron chi connectivity index (χ3n) is 5.37. The third-order valence-corrected chi connectivity index (χ3v) is 5.67. The number of nitrogen functional groups attached to an aromatic ring is 1. The van der Waals surface area contributed by atoms with Crippen LogP contribution in [0.1, 0.15) is 77.4 Å². The molecule has 170 valence electrons. The van der Waals surface area contributed by atoms with Crippen molar-refractivity contribution < 1.29 is 24.5 Å². The van der Waals surface area contributed by atoms with E-state index in [1.54, 1.807) is 6.20 Å². The lowest BCUT2D eigenvalue weighted by Gasteiger charge is -2.20. The third kappa shape index (κ3) is 7.30. The number of nitrogens with two attached hydrogens (primary N) is 1. The maximum absolute atomic E-state index is 12.2. The predicted octanol–water partition coefficient (Wildman–Crippen LogP) is 3.28. The van der Waals surface area contributed by atoms with E-state index in [1.165, 1.54) is 49.2 Å². The molecule has 1 aliphatic rings. The number of hydrogen-bond donors (Lipinski definition) is 3. The lowest BCUT2D eigenvalue weighted by molar-refractivity contribution is -0.156. The maximum atomic E-state index is 12.2. The van der Waals surface area contributed by atoms with E-state index < -0.39 is 30.5 Å². The second kappa shape index (κ2) is 13.0. The molecule has 1 fully saturated rings. The number of nitrogens with zero attached hydrogens (tertiary/aromatic N) is 2. The zero-order chi connectivity index (χ0) is 21.9. The number of esters is 1. The number of carbonyl (C=O) groups excluding carboxylic acids is 1. The van der Waals surface area contributed by atoms with Crippen LogP contribution in [0, 0.1) is 4.77 Å². The van der Waals surface area contributed by atoms with Gasteiger partial charge < -0.3 is 25.4 Å². The van der Waals surface area contributed by atoms with Crippen LogP contribution in [-0.4, -0.2) is 50.7 Å². The lowest BCUT2D eigenvalue weighted by atomic mass is 10.1. The van der Waals surface area contributed by atoms with Crippen molar-refractivity contribution in [3.8, 4) is 0 Å². The van der Waals surface area contributed by atoms with Crippen LogP contribution >= 0.6 is 12.2 Å². The van der Waals surface area contributed by atoms with Crippen molar-refractivity contribution >= 4 is 24.0 Å². The van der Waals surface area contributed by atoms with E-state index in [-0.39, 0.29) is 23.6 Å². The number of ether oxygens (including phenoxy) is 2. The smallest absolute Gasteiger partial charge is 0.306 e. The highest BCUT2D eigenvalue weighted by Gasteiger charge is 2.46. The molecule has 0 aliphatic carbocycles. The van der Waals surface area contributed by atoms with E-state index in [4.69, 9.17) is 27.4 Å². The van der Waals surface area contributed by atoms with Crippen molar-refractivity contribution in [3.63, 3.8) is 0 Å². The number of aliphatic hydroxyl groups excluding tert-OH is 2. The molecule has 0 amide bonds. The fraction of sp³-hybridized carbons (Fsp3) is 0.762. The minimum atomic E-state index is -1.17. The summed E-state index contributed by atoms with van der Waals surface area (Å²) in [6.07, 6.45) is 8.37. The van der Waals surface area contributed by atoms with Gasteiger partial charge in [-0.2, -0.15) is 0 Å². The van der Waals surface area contributed by atoms with Gasteiger partial charge in [0.15, 0.2) is 12.3 Å². The molecule has 0 spiro atoms. The molecule has 0 bridgehead atoms.